The number of rotatable bonds is 4. The van der Waals surface area contributed by atoms with Gasteiger partial charge in [0.1, 0.15) is 0 Å². The second kappa shape index (κ2) is 7.29. The number of carbonyl (C=O) groups excluding carboxylic acids is 1. The monoisotopic (exact) mass is 382 g/mol. The van der Waals surface area contributed by atoms with E-state index in [0.29, 0.717) is 16.8 Å². The number of benzene rings is 2. The molecule has 0 aliphatic heterocycles. The number of nitrogens with zero attached hydrogens (tertiary/aromatic N) is 2. The number of ether oxygens (including phenoxy) is 1. The Bertz CT molecular complexity index is 1190. The van der Waals surface area contributed by atoms with Gasteiger partial charge in [-0.05, 0) is 6.07 Å². The van der Waals surface area contributed by atoms with Crippen LogP contribution in [0.25, 0.3) is 21.8 Å². The minimum absolute atomic E-state index is 0. The number of hydrogen-bond donors (Lipinski definition) is 0. The highest BCUT2D eigenvalue weighted by molar-refractivity contribution is 6.05. The zero-order valence-electron chi connectivity index (χ0n) is 15.0. The number of methoxy groups -OCH3 is 1. The van der Waals surface area contributed by atoms with Gasteiger partial charge in [0, 0.05) is 24.1 Å². The maximum atomic E-state index is 13.1. The summed E-state index contributed by atoms with van der Waals surface area (Å²) in [5.41, 5.74) is 1.94. The number of para-hydroxylation sites is 1. The zero-order valence-corrected chi connectivity index (χ0v) is 15.8. The summed E-state index contributed by atoms with van der Waals surface area (Å²) < 4.78 is 8.78. The van der Waals surface area contributed by atoms with Gasteiger partial charge in [-0.25, -0.2) is 0 Å². The molecule has 0 aliphatic rings. The lowest BCUT2D eigenvalue weighted by atomic mass is 10.1. The molecule has 4 rings (SSSR count). The van der Waals surface area contributed by atoms with Crippen molar-refractivity contribution < 1.29 is 9.53 Å². The van der Waals surface area contributed by atoms with Gasteiger partial charge >= 0.3 is 0 Å². The first-order valence-corrected chi connectivity index (χ1v) is 8.35. The van der Waals surface area contributed by atoms with Crippen molar-refractivity contribution in [2.45, 2.75) is 6.54 Å². The van der Waals surface area contributed by atoms with Gasteiger partial charge in [-0.15, -0.1) is 12.4 Å². The summed E-state index contributed by atoms with van der Waals surface area (Å²) in [4.78, 5) is 25.8. The summed E-state index contributed by atoms with van der Waals surface area (Å²) in [6, 6.07) is 18.4. The molecule has 4 aromatic rings. The molecule has 138 valence electrons. The molecule has 6 heteroatoms. The average molecular weight is 383 g/mol. The third kappa shape index (κ3) is 3.00. The van der Waals surface area contributed by atoms with Crippen LogP contribution >= 0.6 is 12.4 Å². The fraction of sp³-hybridized carbons (Fsp3) is 0.143. The Morgan fingerprint density at radius 2 is 1.67 bits per heavy atom. The van der Waals surface area contributed by atoms with Crippen LogP contribution < -0.4 is 10.3 Å². The number of aryl methyl sites for hydroxylation is 1. The van der Waals surface area contributed by atoms with Crippen LogP contribution in [-0.4, -0.2) is 22.0 Å². The van der Waals surface area contributed by atoms with Gasteiger partial charge in [-0.1, -0.05) is 48.5 Å². The molecule has 0 N–H and O–H groups in total. The molecule has 2 heterocycles. The predicted molar refractivity (Wildman–Crippen MR) is 109 cm³/mol. The van der Waals surface area contributed by atoms with Crippen LogP contribution in [0.1, 0.15) is 10.4 Å². The van der Waals surface area contributed by atoms with Crippen molar-refractivity contribution in [3.05, 3.63) is 76.6 Å². The van der Waals surface area contributed by atoms with E-state index in [1.807, 2.05) is 54.1 Å². The second-order valence-corrected chi connectivity index (χ2v) is 6.21. The van der Waals surface area contributed by atoms with Crippen LogP contribution in [0.15, 0.2) is 65.5 Å². The molecule has 0 fully saturated rings. The first kappa shape index (κ1) is 18.7. The maximum Gasteiger partial charge on any atom is 0.261 e. The number of pyridine rings is 1. The normalized spacial score (nSPS) is 10.7. The molecule has 5 nitrogen and oxygen atoms in total. The Morgan fingerprint density at radius 3 is 2.37 bits per heavy atom. The van der Waals surface area contributed by atoms with Gasteiger partial charge in [0.05, 0.1) is 30.1 Å². The van der Waals surface area contributed by atoms with Crippen molar-refractivity contribution in [1.29, 1.82) is 0 Å². The van der Waals surface area contributed by atoms with Gasteiger partial charge in [-0.2, -0.15) is 0 Å². The van der Waals surface area contributed by atoms with Crippen molar-refractivity contribution in [2.24, 2.45) is 7.05 Å². The number of halogens is 1. The number of fused-ring (bicyclic) bond motifs is 3. The summed E-state index contributed by atoms with van der Waals surface area (Å²) in [5.74, 6) is 0.509. The number of ketones is 1. The smallest absolute Gasteiger partial charge is 0.261 e. The van der Waals surface area contributed by atoms with Crippen molar-refractivity contribution in [3.8, 4) is 5.88 Å². The van der Waals surface area contributed by atoms with E-state index >= 15 is 0 Å². The van der Waals surface area contributed by atoms with Gasteiger partial charge < -0.3 is 9.30 Å². The molecule has 0 amide bonds. The van der Waals surface area contributed by atoms with Crippen LogP contribution in [-0.2, 0) is 13.6 Å². The van der Waals surface area contributed by atoms with E-state index in [9.17, 15) is 9.59 Å². The van der Waals surface area contributed by atoms with E-state index < -0.39 is 0 Å². The summed E-state index contributed by atoms with van der Waals surface area (Å²) in [7, 11) is 3.44. The quantitative estimate of drug-likeness (QED) is 0.504. The molecule has 0 unspecified atom stereocenters. The zero-order chi connectivity index (χ0) is 18.3. The number of hydrogen-bond acceptors (Lipinski definition) is 3. The molecule has 0 radical (unpaired) electrons. The maximum absolute atomic E-state index is 13.1. The Hall–Kier alpha value is -3.05. The summed E-state index contributed by atoms with van der Waals surface area (Å²) >= 11 is 0. The predicted octanol–water partition coefficient (Wildman–Crippen LogP) is 3.81. The Morgan fingerprint density at radius 1 is 1.00 bits per heavy atom. The molecule has 0 atom stereocenters. The first-order chi connectivity index (χ1) is 12.6. The fourth-order valence-electron chi connectivity index (χ4n) is 3.44. The molecule has 27 heavy (non-hydrogen) atoms. The molecule has 0 spiro atoms. The SMILES string of the molecule is COc1cc2c(=O)n(CC(=O)c3ccccc3)c3ccccc3c2n1C.Cl. The van der Waals surface area contributed by atoms with Gasteiger partial charge in [0.2, 0.25) is 0 Å². The Kier molecular flexibility index (Phi) is 5.06. The molecule has 0 bridgehead atoms. The standard InChI is InChI=1S/C21H18N2O3.ClH/c1-22-19(26-2)12-16-20(22)15-10-6-7-11-17(15)23(21(16)25)13-18(24)14-8-4-3-5-9-14;/h3-12H,13H2,1-2H3;1H. The summed E-state index contributed by atoms with van der Waals surface area (Å²) in [6.07, 6.45) is 0. The van der Waals surface area contributed by atoms with Crippen molar-refractivity contribution in [3.63, 3.8) is 0 Å². The van der Waals surface area contributed by atoms with Crippen molar-refractivity contribution in [1.82, 2.24) is 9.13 Å². The third-order valence-corrected chi connectivity index (χ3v) is 4.72. The first-order valence-electron chi connectivity index (χ1n) is 8.35. The lowest BCUT2D eigenvalue weighted by Crippen LogP contribution is -2.25. The van der Waals surface area contributed by atoms with Crippen molar-refractivity contribution >= 4 is 40.0 Å². The largest absolute Gasteiger partial charge is 0.482 e. The number of Topliss-reactive ketones (excluding diaryl/α,β-unsaturated/α-hetero) is 1. The molecular weight excluding hydrogens is 364 g/mol. The molecule has 0 aliphatic carbocycles. The summed E-state index contributed by atoms with van der Waals surface area (Å²) in [5, 5.41) is 1.46. The van der Waals surface area contributed by atoms with Crippen molar-refractivity contribution in [2.75, 3.05) is 7.11 Å². The minimum atomic E-state index is -0.193. The lowest BCUT2D eigenvalue weighted by Gasteiger charge is -2.12. The second-order valence-electron chi connectivity index (χ2n) is 6.21. The molecule has 0 saturated heterocycles. The number of aromatic nitrogens is 2. The highest BCUT2D eigenvalue weighted by Crippen LogP contribution is 2.28. The number of carbonyl (C=O) groups is 1. The lowest BCUT2D eigenvalue weighted by molar-refractivity contribution is 0.0972. The third-order valence-electron chi connectivity index (χ3n) is 4.72. The highest BCUT2D eigenvalue weighted by Gasteiger charge is 2.18. The van der Waals surface area contributed by atoms with Gasteiger partial charge in [-0.3, -0.25) is 14.2 Å². The van der Waals surface area contributed by atoms with Gasteiger partial charge in [0.25, 0.3) is 5.56 Å². The van der Waals surface area contributed by atoms with E-state index in [-0.39, 0.29) is 30.3 Å². The fourth-order valence-corrected chi connectivity index (χ4v) is 3.44. The molecule has 2 aromatic heterocycles. The van der Waals surface area contributed by atoms with E-state index in [1.54, 1.807) is 29.9 Å². The highest BCUT2D eigenvalue weighted by atomic mass is 35.5. The average Bonchev–Trinajstić information content (AvgIpc) is 3.02. The molecular formula is C21H19ClN2O3. The van der Waals surface area contributed by atoms with Crippen LogP contribution in [0, 0.1) is 0 Å². The molecule has 0 saturated carbocycles. The van der Waals surface area contributed by atoms with Crippen LogP contribution in [0.3, 0.4) is 0 Å². The molecule has 2 aromatic carbocycles. The topological polar surface area (TPSA) is 53.2 Å². The van der Waals surface area contributed by atoms with Gasteiger partial charge in [0.15, 0.2) is 11.7 Å². The van der Waals surface area contributed by atoms with E-state index in [2.05, 4.69) is 0 Å². The van der Waals surface area contributed by atoms with E-state index in [4.69, 9.17) is 4.74 Å². The van der Waals surface area contributed by atoms with Crippen LogP contribution in [0.4, 0.5) is 0 Å². The Labute approximate surface area is 162 Å². The van der Waals surface area contributed by atoms with Crippen LogP contribution in [0.5, 0.6) is 5.88 Å². The van der Waals surface area contributed by atoms with Crippen LogP contribution in [0.2, 0.25) is 0 Å². The van der Waals surface area contributed by atoms with E-state index in [0.717, 1.165) is 16.4 Å². The minimum Gasteiger partial charge on any atom is -0.482 e. The van der Waals surface area contributed by atoms with E-state index in [1.165, 1.54) is 0 Å². The summed E-state index contributed by atoms with van der Waals surface area (Å²) in [6.45, 7) is -0.00346. The Balaban J connectivity index is 0.00000210.